The lowest BCUT2D eigenvalue weighted by Gasteiger charge is -2.38. The highest BCUT2D eigenvalue weighted by molar-refractivity contribution is 7.80. The number of aliphatic hydroxyl groups excluding tert-OH is 1. The number of ether oxygens (including phenoxy) is 2. The maximum atomic E-state index is 11.9. The highest BCUT2D eigenvalue weighted by atomic mass is 32.1. The van der Waals surface area contributed by atoms with Crippen LogP contribution in [0.15, 0.2) is 67.7 Å². The molecule has 1 aromatic rings. The second kappa shape index (κ2) is 16.8. The fraction of sp³-hybridized carbons (Fsp3) is 0.481. The van der Waals surface area contributed by atoms with Gasteiger partial charge in [-0.25, -0.2) is 9.29 Å². The smallest absolute Gasteiger partial charge is 0.277 e. The van der Waals surface area contributed by atoms with Gasteiger partial charge in [-0.1, -0.05) is 30.9 Å². The molecule has 0 saturated carbocycles. The Morgan fingerprint density at radius 1 is 1.38 bits per heavy atom. The number of hydrogen-bond donors (Lipinski definition) is 4. The van der Waals surface area contributed by atoms with Crippen molar-refractivity contribution in [2.45, 2.75) is 71.2 Å². The van der Waals surface area contributed by atoms with Crippen LogP contribution in [-0.4, -0.2) is 77.5 Å². The van der Waals surface area contributed by atoms with Gasteiger partial charge in [-0.3, -0.25) is 4.79 Å². The molecule has 3 rings (SSSR count). The summed E-state index contributed by atoms with van der Waals surface area (Å²) in [6.45, 7) is 16.2. The third-order valence-corrected chi connectivity index (χ3v) is 7.83. The molecule has 2 unspecified atom stereocenters. The summed E-state index contributed by atoms with van der Waals surface area (Å²) in [6, 6.07) is 9.58. The van der Waals surface area contributed by atoms with Gasteiger partial charge < -0.3 is 34.6 Å². The molecule has 1 saturated heterocycles. The van der Waals surface area contributed by atoms with Crippen molar-refractivity contribution in [2.75, 3.05) is 19.0 Å². The second-order valence-electron chi connectivity index (χ2n) is 9.19. The van der Waals surface area contributed by atoms with Crippen molar-refractivity contribution >= 4 is 37.5 Å². The second-order valence-corrected chi connectivity index (χ2v) is 10.9. The first-order valence-corrected chi connectivity index (χ1v) is 14.3. The quantitative estimate of drug-likeness (QED) is 0.0921. The Morgan fingerprint density at radius 2 is 2.05 bits per heavy atom. The van der Waals surface area contributed by atoms with Crippen molar-refractivity contribution in [2.24, 2.45) is 0 Å². The number of hydrogen-bond acceptors (Lipinski definition) is 10. The highest BCUT2D eigenvalue weighted by Crippen LogP contribution is 2.49. The van der Waals surface area contributed by atoms with Crippen LogP contribution in [0.1, 0.15) is 36.0 Å². The van der Waals surface area contributed by atoms with Crippen LogP contribution in [0, 0.1) is 0 Å². The number of benzene rings is 1. The molecule has 11 nitrogen and oxygen atoms in total. The van der Waals surface area contributed by atoms with Gasteiger partial charge in [-0.2, -0.15) is 5.48 Å². The van der Waals surface area contributed by atoms with Gasteiger partial charge >= 0.3 is 0 Å². The minimum Gasteiger partial charge on any atom is -0.460 e. The van der Waals surface area contributed by atoms with Crippen molar-refractivity contribution in [3.05, 3.63) is 67.7 Å². The number of nitrogens with zero attached hydrogens (tertiary/aromatic N) is 2. The normalized spacial score (nSPS) is 23.8. The number of anilines is 1. The van der Waals surface area contributed by atoms with Crippen molar-refractivity contribution in [3.8, 4) is 0 Å². The van der Waals surface area contributed by atoms with Crippen LogP contribution in [-0.2, 0) is 23.4 Å². The number of aliphatic hydroxyl groups is 1. The summed E-state index contributed by atoms with van der Waals surface area (Å²) in [5.41, 5.74) is 3.66. The van der Waals surface area contributed by atoms with Gasteiger partial charge in [0.05, 0.1) is 6.10 Å². The van der Waals surface area contributed by atoms with Gasteiger partial charge in [0.25, 0.3) is 19.6 Å². The van der Waals surface area contributed by atoms with E-state index < -0.39 is 33.1 Å². The maximum Gasteiger partial charge on any atom is 0.277 e. The highest BCUT2D eigenvalue weighted by Gasteiger charge is 2.51. The molecule has 5 atom stereocenters. The fourth-order valence-electron chi connectivity index (χ4n) is 4.05. The summed E-state index contributed by atoms with van der Waals surface area (Å²) in [6.07, 6.45) is 1.58. The first-order valence-electron chi connectivity index (χ1n) is 13.9. The summed E-state index contributed by atoms with van der Waals surface area (Å²) in [5, 5.41) is 9.36. The van der Waals surface area contributed by atoms with Gasteiger partial charge in [-0.05, 0) is 58.9 Å². The molecule has 1 amide bonds. The first-order chi connectivity index (χ1) is 20.1. The number of carbonyl (C=O) groups excluding carboxylic acids is 1. The van der Waals surface area contributed by atoms with Crippen LogP contribution in [0.2, 0.25) is 0 Å². The molecule has 4 N–H and O–H groups in total. The summed E-state index contributed by atoms with van der Waals surface area (Å²) in [4.78, 5) is 13.5. The van der Waals surface area contributed by atoms with Gasteiger partial charge in [0.15, 0.2) is 12.3 Å². The minimum absolute atomic E-state index is 0.0921. The number of nitrogens with one attached hydrogen (secondary N) is 3. The van der Waals surface area contributed by atoms with E-state index in [1.165, 1.54) is 13.2 Å². The van der Waals surface area contributed by atoms with E-state index in [-0.39, 0.29) is 30.1 Å². The molecule has 40 heavy (non-hydrogen) atoms. The third kappa shape index (κ3) is 9.32. The van der Waals surface area contributed by atoms with E-state index in [1.54, 1.807) is 17.2 Å². The van der Waals surface area contributed by atoms with E-state index in [4.69, 9.17) is 33.6 Å². The molecular weight excluding hydrogens is 553 g/mol. The number of carbonyl (C=O) groups is 1. The first kappa shape index (κ1) is 30.5. The Bertz CT molecular complexity index is 1050. The molecule has 0 spiro atoms. The summed E-state index contributed by atoms with van der Waals surface area (Å²) >= 11 is 5.56. The number of rotatable bonds is 12. The molecule has 1 aromatic carbocycles. The molecule has 1 fully saturated rings. The summed E-state index contributed by atoms with van der Waals surface area (Å²) < 4.78 is 41.3. The zero-order valence-electron chi connectivity index (χ0n) is 25.6. The lowest BCUT2D eigenvalue weighted by atomic mass is 10.1. The number of amides is 1. The van der Waals surface area contributed by atoms with Gasteiger partial charge in [-0.15, -0.1) is 6.58 Å². The zero-order chi connectivity index (χ0) is 31.2. The number of thiocarbonyl (C=S) groups is 1. The van der Waals surface area contributed by atoms with E-state index in [0.29, 0.717) is 12.4 Å². The van der Waals surface area contributed by atoms with Crippen LogP contribution >= 0.6 is 20.7 Å². The molecule has 222 valence electrons. The predicted molar refractivity (Wildman–Crippen MR) is 161 cm³/mol. The molecule has 2 aliphatic heterocycles. The van der Waals surface area contributed by atoms with Crippen molar-refractivity contribution in [1.29, 1.82) is 1.43 Å². The van der Waals surface area contributed by atoms with Crippen molar-refractivity contribution in [3.63, 3.8) is 0 Å². The van der Waals surface area contributed by atoms with Gasteiger partial charge in [0.1, 0.15) is 11.9 Å². The molecule has 13 heteroatoms. The Labute approximate surface area is 247 Å². The number of para-hydroxylation sites is 1. The van der Waals surface area contributed by atoms with Gasteiger partial charge in [0.2, 0.25) is 1.43 Å². The lowest BCUT2D eigenvalue weighted by molar-refractivity contribution is -0.118. The van der Waals surface area contributed by atoms with E-state index in [2.05, 4.69) is 66.7 Å². The lowest BCUT2D eigenvalue weighted by Crippen LogP contribution is -2.49. The Hall–Kier alpha value is -2.41. The fourth-order valence-corrected chi connectivity index (χ4v) is 5.93. The average Bonchev–Trinajstić information content (AvgIpc) is 3.25. The Morgan fingerprint density at radius 3 is 2.62 bits per heavy atom. The van der Waals surface area contributed by atoms with E-state index in [1.807, 2.05) is 30.3 Å². The van der Waals surface area contributed by atoms with Crippen LogP contribution < -0.4 is 16.1 Å². The van der Waals surface area contributed by atoms with Crippen LogP contribution in [0.5, 0.6) is 0 Å². The molecule has 0 aliphatic carbocycles. The third-order valence-electron chi connectivity index (χ3n) is 5.62. The molecule has 2 aliphatic rings. The largest absolute Gasteiger partial charge is 0.460 e. The van der Waals surface area contributed by atoms with Crippen LogP contribution in [0.4, 0.5) is 5.69 Å². The van der Waals surface area contributed by atoms with Crippen molar-refractivity contribution in [1.82, 2.24) is 20.4 Å². The molecule has 2 heterocycles. The van der Waals surface area contributed by atoms with E-state index in [9.17, 15) is 4.79 Å². The SMILES string of the molecule is [2H]C[C@H]1O[C@@H](N2C=CC(=O)NC2=C)[C@@H](OC(=S)Nc2ccccc2)C1OP(ONCC=C)N(C(C)C)C(C)C.[3H]OC. The van der Waals surface area contributed by atoms with E-state index in [0.717, 1.165) is 5.69 Å². The maximum absolute atomic E-state index is 11.9. The minimum atomic E-state index is -1.67. The molecule has 0 bridgehead atoms. The average molecular weight is 599 g/mol. The van der Waals surface area contributed by atoms with Crippen LogP contribution in [0.25, 0.3) is 0 Å². The predicted octanol–water partition coefficient (Wildman–Crippen LogP) is 3.98. The molecular formula is C27H42N5O6PS. The monoisotopic (exact) mass is 598 g/mol. The van der Waals surface area contributed by atoms with Gasteiger partial charge in [0, 0.05) is 45.1 Å². The molecule has 0 aromatic heterocycles. The van der Waals surface area contributed by atoms with Crippen molar-refractivity contribution < 1.29 is 29.9 Å². The summed E-state index contributed by atoms with van der Waals surface area (Å²) in [5.74, 6) is 0.0112. The molecule has 0 radical (unpaired) electrons. The Kier molecular flexibility index (Phi) is 12.8. The standard InChI is InChI=1S/C26H38N5O5PS.CH4O/c1-8-15-27-36-37(31(17(2)3)18(4)5)35-23-19(6)33-25(30-16-14-22(32)28-20(30)7)24(23)34-26(38)29-21-12-10-9-11-13-21;1-2/h8-14,16-19,23-25,27H,1,7,15H2,2-6H3,(H,28,32)(H,29,38);2H,1H3/t19-,23?,24+,25-,37?;/m1./s1/i6D;2T. The zero-order valence-corrected chi connectivity index (χ0v) is 25.3. The van der Waals surface area contributed by atoms with Crippen LogP contribution in [0.3, 0.4) is 0 Å². The van der Waals surface area contributed by atoms with E-state index >= 15 is 0 Å². The number of hydroxylamine groups is 1. The topological polar surface area (TPSA) is 117 Å². The summed E-state index contributed by atoms with van der Waals surface area (Å²) in [7, 11) is -0.382. The Balaban J connectivity index is 0.00000197.